The van der Waals surface area contributed by atoms with E-state index in [4.69, 9.17) is 0 Å². The minimum Gasteiger partial charge on any atom is -0.326 e. The molecule has 1 aromatic carbocycles. The molecule has 1 aromatic heterocycles. The van der Waals surface area contributed by atoms with E-state index in [1.54, 1.807) is 11.3 Å². The van der Waals surface area contributed by atoms with E-state index in [9.17, 15) is 4.79 Å². The second kappa shape index (κ2) is 8.99. The zero-order valence-corrected chi connectivity index (χ0v) is 18.0. The predicted molar refractivity (Wildman–Crippen MR) is 118 cm³/mol. The lowest BCUT2D eigenvalue weighted by Crippen LogP contribution is -2.37. The van der Waals surface area contributed by atoms with Gasteiger partial charge in [0.2, 0.25) is 5.91 Å². The zero-order chi connectivity index (χ0) is 18.6. The van der Waals surface area contributed by atoms with Gasteiger partial charge in [-0.15, -0.1) is 34.9 Å². The number of aromatic nitrogens is 1. The van der Waals surface area contributed by atoms with Crippen LogP contribution in [0, 0.1) is 12.8 Å². The number of aryl methyl sites for hydroxylation is 1. The van der Waals surface area contributed by atoms with Gasteiger partial charge in [-0.2, -0.15) is 0 Å². The van der Waals surface area contributed by atoms with Crippen LogP contribution < -0.4 is 5.32 Å². The first kappa shape index (κ1) is 19.3. The first-order valence-corrected chi connectivity index (χ1v) is 12.4. The average Bonchev–Trinajstić information content (AvgIpc) is 3.35. The Balaban J connectivity index is 1.28. The third-order valence-electron chi connectivity index (χ3n) is 5.06. The SMILES string of the molecule is Cc1nc(CN2CCC(C(=O)Nc3cccc(C4SCCS4)c3)CC2)cs1. The van der Waals surface area contributed by atoms with Crippen LogP contribution in [0.1, 0.15) is 33.7 Å². The highest BCUT2D eigenvalue weighted by Gasteiger charge is 2.26. The monoisotopic (exact) mass is 419 g/mol. The maximum Gasteiger partial charge on any atom is 0.227 e. The third-order valence-corrected chi connectivity index (χ3v) is 8.99. The summed E-state index contributed by atoms with van der Waals surface area (Å²) in [5.74, 6) is 2.70. The fourth-order valence-electron chi connectivity index (χ4n) is 3.62. The van der Waals surface area contributed by atoms with Gasteiger partial charge in [0.15, 0.2) is 0 Å². The maximum atomic E-state index is 12.7. The number of hydrogen-bond donors (Lipinski definition) is 1. The highest BCUT2D eigenvalue weighted by atomic mass is 32.2. The molecule has 1 N–H and O–H groups in total. The van der Waals surface area contributed by atoms with Gasteiger partial charge in [0.05, 0.1) is 15.3 Å². The summed E-state index contributed by atoms with van der Waals surface area (Å²) < 4.78 is 0.513. The number of carbonyl (C=O) groups excluding carboxylic acids is 1. The Morgan fingerprint density at radius 2 is 2.04 bits per heavy atom. The number of thiazole rings is 1. The lowest BCUT2D eigenvalue weighted by molar-refractivity contribution is -0.121. The topological polar surface area (TPSA) is 45.2 Å². The fraction of sp³-hybridized carbons (Fsp3) is 0.500. The quantitative estimate of drug-likeness (QED) is 0.755. The number of nitrogens with zero attached hydrogens (tertiary/aromatic N) is 2. The van der Waals surface area contributed by atoms with Crippen molar-refractivity contribution in [2.75, 3.05) is 29.9 Å². The van der Waals surface area contributed by atoms with Crippen LogP contribution in [0.15, 0.2) is 29.6 Å². The number of hydrogen-bond acceptors (Lipinski definition) is 6. The largest absolute Gasteiger partial charge is 0.326 e. The summed E-state index contributed by atoms with van der Waals surface area (Å²) in [6.07, 6.45) is 1.84. The van der Waals surface area contributed by atoms with Crippen molar-refractivity contribution in [2.45, 2.75) is 30.9 Å². The molecular formula is C20H25N3OS3. The Morgan fingerprint density at radius 3 is 2.74 bits per heavy atom. The number of piperidine rings is 1. The molecule has 0 aliphatic carbocycles. The van der Waals surface area contributed by atoms with E-state index in [0.29, 0.717) is 4.58 Å². The zero-order valence-electron chi connectivity index (χ0n) is 15.5. The lowest BCUT2D eigenvalue weighted by atomic mass is 9.95. The van der Waals surface area contributed by atoms with Gasteiger partial charge in [0, 0.05) is 35.0 Å². The van der Waals surface area contributed by atoms with Crippen molar-refractivity contribution in [1.29, 1.82) is 0 Å². The second-order valence-corrected chi connectivity index (χ2v) is 10.9. The third kappa shape index (κ3) is 5.08. The van der Waals surface area contributed by atoms with Crippen LogP contribution in [-0.4, -0.2) is 40.4 Å². The van der Waals surface area contributed by atoms with Gasteiger partial charge in [0.25, 0.3) is 0 Å². The standard InChI is InChI=1S/C20H25N3OS3/c1-14-21-18(13-27-14)12-23-7-5-15(6-8-23)19(24)22-17-4-2-3-16(11-17)20-25-9-10-26-20/h2-4,11,13,15,20H,5-10,12H2,1H3,(H,22,24). The Bertz CT molecular complexity index is 780. The fourth-order valence-corrected chi connectivity index (χ4v) is 7.06. The van der Waals surface area contributed by atoms with Crippen molar-refractivity contribution in [2.24, 2.45) is 5.92 Å². The number of carbonyl (C=O) groups is 1. The predicted octanol–water partition coefficient (Wildman–Crippen LogP) is 4.78. The van der Waals surface area contributed by atoms with Gasteiger partial charge >= 0.3 is 0 Å². The summed E-state index contributed by atoms with van der Waals surface area (Å²) in [5.41, 5.74) is 3.40. The molecule has 4 nitrogen and oxygen atoms in total. The van der Waals surface area contributed by atoms with Crippen LogP contribution in [0.2, 0.25) is 0 Å². The first-order valence-electron chi connectivity index (χ1n) is 9.45. The summed E-state index contributed by atoms with van der Waals surface area (Å²) in [4.78, 5) is 19.7. The van der Waals surface area contributed by atoms with Gasteiger partial charge in [-0.3, -0.25) is 9.69 Å². The summed E-state index contributed by atoms with van der Waals surface area (Å²) in [6.45, 7) is 4.87. The van der Waals surface area contributed by atoms with Crippen LogP contribution in [-0.2, 0) is 11.3 Å². The molecule has 27 heavy (non-hydrogen) atoms. The molecular weight excluding hydrogens is 394 g/mol. The van der Waals surface area contributed by atoms with Crippen molar-refractivity contribution in [1.82, 2.24) is 9.88 Å². The molecule has 144 valence electrons. The van der Waals surface area contributed by atoms with E-state index in [2.05, 4.69) is 38.8 Å². The van der Waals surface area contributed by atoms with Gasteiger partial charge in [0.1, 0.15) is 0 Å². The van der Waals surface area contributed by atoms with Crippen molar-refractivity contribution in [3.8, 4) is 0 Å². The van der Waals surface area contributed by atoms with Crippen LogP contribution in [0.25, 0.3) is 0 Å². The smallest absolute Gasteiger partial charge is 0.227 e. The summed E-state index contributed by atoms with van der Waals surface area (Å²) >= 11 is 5.69. The van der Waals surface area contributed by atoms with Crippen LogP contribution in [0.3, 0.4) is 0 Å². The minimum absolute atomic E-state index is 0.109. The van der Waals surface area contributed by atoms with Gasteiger partial charge in [-0.1, -0.05) is 12.1 Å². The van der Waals surface area contributed by atoms with Crippen LogP contribution in [0.4, 0.5) is 5.69 Å². The average molecular weight is 420 g/mol. The molecule has 0 spiro atoms. The molecule has 0 radical (unpaired) electrons. The molecule has 2 aliphatic rings. The Labute approximate surface area is 173 Å². The number of rotatable bonds is 5. The molecule has 0 atom stereocenters. The van der Waals surface area contributed by atoms with Crippen molar-refractivity contribution >= 4 is 46.5 Å². The molecule has 2 aliphatic heterocycles. The highest BCUT2D eigenvalue weighted by molar-refractivity contribution is 8.19. The molecule has 1 amide bonds. The molecule has 2 saturated heterocycles. The Morgan fingerprint density at radius 1 is 1.26 bits per heavy atom. The second-order valence-electron chi connectivity index (χ2n) is 7.10. The number of anilines is 1. The minimum atomic E-state index is 0.109. The van der Waals surface area contributed by atoms with Gasteiger partial charge in [-0.05, 0) is 50.6 Å². The molecule has 4 rings (SSSR count). The first-order chi connectivity index (χ1) is 13.2. The van der Waals surface area contributed by atoms with E-state index in [1.807, 2.05) is 36.5 Å². The van der Waals surface area contributed by atoms with E-state index >= 15 is 0 Å². The molecule has 3 heterocycles. The number of nitrogens with one attached hydrogen (secondary N) is 1. The molecule has 7 heteroatoms. The lowest BCUT2D eigenvalue weighted by Gasteiger charge is -2.30. The van der Waals surface area contributed by atoms with Crippen LogP contribution >= 0.6 is 34.9 Å². The molecule has 0 bridgehead atoms. The van der Waals surface area contributed by atoms with Gasteiger partial charge in [-0.25, -0.2) is 4.98 Å². The molecule has 0 saturated carbocycles. The Hall–Kier alpha value is -1.02. The normalized spacial score (nSPS) is 19.4. The highest BCUT2D eigenvalue weighted by Crippen LogP contribution is 2.45. The van der Waals surface area contributed by atoms with E-state index in [1.165, 1.54) is 17.1 Å². The van der Waals surface area contributed by atoms with Crippen molar-refractivity contribution in [3.63, 3.8) is 0 Å². The van der Waals surface area contributed by atoms with E-state index in [0.717, 1.165) is 48.9 Å². The van der Waals surface area contributed by atoms with Crippen molar-refractivity contribution in [3.05, 3.63) is 45.9 Å². The maximum absolute atomic E-state index is 12.7. The van der Waals surface area contributed by atoms with Gasteiger partial charge < -0.3 is 5.32 Å². The molecule has 2 aromatic rings. The Kier molecular flexibility index (Phi) is 6.42. The molecule has 0 unspecified atom stereocenters. The number of thioether (sulfide) groups is 2. The van der Waals surface area contributed by atoms with Crippen LogP contribution in [0.5, 0.6) is 0 Å². The van der Waals surface area contributed by atoms with E-state index < -0.39 is 0 Å². The summed E-state index contributed by atoms with van der Waals surface area (Å²) in [5, 5.41) is 6.42. The number of amides is 1. The van der Waals surface area contributed by atoms with E-state index in [-0.39, 0.29) is 11.8 Å². The number of likely N-dealkylation sites (tertiary alicyclic amines) is 1. The van der Waals surface area contributed by atoms with Crippen molar-refractivity contribution < 1.29 is 4.79 Å². The summed E-state index contributed by atoms with van der Waals surface area (Å²) in [6, 6.07) is 8.38. The molecule has 2 fully saturated rings. The summed E-state index contributed by atoms with van der Waals surface area (Å²) in [7, 11) is 0. The number of benzene rings is 1.